The number of hydrogen-bond donors (Lipinski definition) is 0. The minimum atomic E-state index is -0.589. The summed E-state index contributed by atoms with van der Waals surface area (Å²) in [6, 6.07) is 12.2. The summed E-state index contributed by atoms with van der Waals surface area (Å²) < 4.78 is 10.4. The van der Waals surface area contributed by atoms with E-state index in [0.717, 1.165) is 17.7 Å². The molecule has 2 aromatic carbocycles. The monoisotopic (exact) mass is 395 g/mol. The van der Waals surface area contributed by atoms with Crippen LogP contribution in [0.15, 0.2) is 48.5 Å². The quantitative estimate of drug-likeness (QED) is 0.308. The van der Waals surface area contributed by atoms with Crippen LogP contribution < -0.4 is 9.64 Å². The van der Waals surface area contributed by atoms with Gasteiger partial charge in [0.15, 0.2) is 0 Å². The van der Waals surface area contributed by atoms with Gasteiger partial charge in [-0.1, -0.05) is 13.3 Å². The Morgan fingerprint density at radius 2 is 1.41 bits per heavy atom. The van der Waals surface area contributed by atoms with Gasteiger partial charge in [0.2, 0.25) is 11.8 Å². The number of benzene rings is 2. The highest BCUT2D eigenvalue weighted by molar-refractivity contribution is 6.19. The SMILES string of the molecule is CCCCOC(=O)c1ccc(OC(=O)c2ccc(N3C(=O)CCC3=O)cc2)cc1. The summed E-state index contributed by atoms with van der Waals surface area (Å²) in [5.74, 6) is -1.22. The second-order valence-corrected chi connectivity index (χ2v) is 6.57. The van der Waals surface area contributed by atoms with Gasteiger partial charge < -0.3 is 9.47 Å². The number of unbranched alkanes of at least 4 members (excludes halogenated alkanes) is 1. The number of esters is 2. The van der Waals surface area contributed by atoms with Crippen LogP contribution in [-0.2, 0) is 14.3 Å². The van der Waals surface area contributed by atoms with Gasteiger partial charge in [0.05, 0.1) is 23.4 Å². The fraction of sp³-hybridized carbons (Fsp3) is 0.273. The molecule has 0 atom stereocenters. The minimum absolute atomic E-state index is 0.199. The van der Waals surface area contributed by atoms with Crippen molar-refractivity contribution in [2.45, 2.75) is 32.6 Å². The highest BCUT2D eigenvalue weighted by Crippen LogP contribution is 2.23. The van der Waals surface area contributed by atoms with Crippen molar-refractivity contribution >= 4 is 29.4 Å². The minimum Gasteiger partial charge on any atom is -0.462 e. The molecule has 1 heterocycles. The Morgan fingerprint density at radius 3 is 2.00 bits per heavy atom. The first-order chi connectivity index (χ1) is 14.0. The Balaban J connectivity index is 1.60. The van der Waals surface area contributed by atoms with Crippen molar-refractivity contribution in [2.75, 3.05) is 11.5 Å². The summed E-state index contributed by atoms with van der Waals surface area (Å²) in [4.78, 5) is 48.9. The molecule has 1 saturated heterocycles. The van der Waals surface area contributed by atoms with Crippen molar-refractivity contribution in [3.8, 4) is 5.75 Å². The number of hydrogen-bond acceptors (Lipinski definition) is 6. The van der Waals surface area contributed by atoms with Crippen molar-refractivity contribution in [3.05, 3.63) is 59.7 Å². The van der Waals surface area contributed by atoms with Crippen molar-refractivity contribution in [3.63, 3.8) is 0 Å². The van der Waals surface area contributed by atoms with Gasteiger partial charge in [0.1, 0.15) is 5.75 Å². The second-order valence-electron chi connectivity index (χ2n) is 6.57. The number of nitrogens with zero attached hydrogens (tertiary/aromatic N) is 1. The van der Waals surface area contributed by atoms with Gasteiger partial charge in [-0.05, 0) is 55.0 Å². The Kier molecular flexibility index (Phi) is 6.39. The third-order valence-electron chi connectivity index (χ3n) is 4.44. The van der Waals surface area contributed by atoms with E-state index in [1.54, 1.807) is 0 Å². The van der Waals surface area contributed by atoms with Gasteiger partial charge in [-0.2, -0.15) is 0 Å². The maximum Gasteiger partial charge on any atom is 0.343 e. The standard InChI is InChI=1S/C22H21NO6/c1-2-3-14-28-21(26)15-6-10-18(11-7-15)29-22(27)16-4-8-17(9-5-16)23-19(24)12-13-20(23)25/h4-11H,2-3,12-14H2,1H3. The Labute approximate surface area is 168 Å². The summed E-state index contributed by atoms with van der Waals surface area (Å²) in [6.45, 7) is 2.38. The Hall–Kier alpha value is -3.48. The highest BCUT2D eigenvalue weighted by atomic mass is 16.5. The number of imide groups is 1. The van der Waals surface area contributed by atoms with E-state index < -0.39 is 11.9 Å². The van der Waals surface area contributed by atoms with Gasteiger partial charge >= 0.3 is 11.9 Å². The lowest BCUT2D eigenvalue weighted by Crippen LogP contribution is -2.28. The molecule has 0 bridgehead atoms. The molecule has 7 heteroatoms. The van der Waals surface area contributed by atoms with Crippen LogP contribution in [-0.4, -0.2) is 30.4 Å². The van der Waals surface area contributed by atoms with Crippen LogP contribution in [0.2, 0.25) is 0 Å². The largest absolute Gasteiger partial charge is 0.462 e. The van der Waals surface area contributed by atoms with E-state index in [2.05, 4.69) is 0 Å². The zero-order valence-corrected chi connectivity index (χ0v) is 16.1. The van der Waals surface area contributed by atoms with E-state index in [4.69, 9.17) is 9.47 Å². The number of rotatable bonds is 7. The van der Waals surface area contributed by atoms with Crippen LogP contribution in [0.1, 0.15) is 53.3 Å². The lowest BCUT2D eigenvalue weighted by atomic mass is 10.2. The fourth-order valence-corrected chi connectivity index (χ4v) is 2.83. The van der Waals surface area contributed by atoms with E-state index in [1.807, 2.05) is 6.92 Å². The van der Waals surface area contributed by atoms with Crippen molar-refractivity contribution in [1.29, 1.82) is 0 Å². The second kappa shape index (κ2) is 9.14. The Bertz CT molecular complexity index is 901. The van der Waals surface area contributed by atoms with E-state index in [1.165, 1.54) is 48.5 Å². The molecule has 7 nitrogen and oxygen atoms in total. The summed E-state index contributed by atoms with van der Waals surface area (Å²) in [5.41, 5.74) is 1.08. The van der Waals surface area contributed by atoms with Gasteiger partial charge in [-0.15, -0.1) is 0 Å². The average Bonchev–Trinajstić information content (AvgIpc) is 3.07. The molecule has 0 aliphatic carbocycles. The van der Waals surface area contributed by atoms with E-state index in [-0.39, 0.29) is 36.0 Å². The van der Waals surface area contributed by atoms with E-state index >= 15 is 0 Å². The lowest BCUT2D eigenvalue weighted by Gasteiger charge is -2.14. The van der Waals surface area contributed by atoms with Gasteiger partial charge in [-0.3, -0.25) is 14.5 Å². The van der Waals surface area contributed by atoms with Crippen molar-refractivity contribution < 1.29 is 28.7 Å². The molecule has 0 unspecified atom stereocenters. The predicted octanol–water partition coefficient (Wildman–Crippen LogP) is 3.52. The number of carbonyl (C=O) groups excluding carboxylic acids is 4. The number of carbonyl (C=O) groups is 4. The van der Waals surface area contributed by atoms with Crippen LogP contribution >= 0.6 is 0 Å². The zero-order valence-electron chi connectivity index (χ0n) is 16.1. The molecule has 2 aromatic rings. The van der Waals surface area contributed by atoms with Crippen LogP contribution in [0.3, 0.4) is 0 Å². The van der Waals surface area contributed by atoms with E-state index in [0.29, 0.717) is 17.9 Å². The number of anilines is 1. The molecule has 29 heavy (non-hydrogen) atoms. The van der Waals surface area contributed by atoms with Crippen LogP contribution in [0, 0.1) is 0 Å². The molecule has 1 aliphatic rings. The fourth-order valence-electron chi connectivity index (χ4n) is 2.83. The first kappa shape index (κ1) is 20.3. The maximum absolute atomic E-state index is 12.3. The maximum atomic E-state index is 12.3. The molecule has 0 saturated carbocycles. The van der Waals surface area contributed by atoms with Crippen LogP contribution in [0.4, 0.5) is 5.69 Å². The number of amides is 2. The third-order valence-corrected chi connectivity index (χ3v) is 4.44. The molecule has 3 rings (SSSR count). The molecular formula is C22H21NO6. The molecule has 0 radical (unpaired) electrons. The molecule has 2 amide bonds. The number of ether oxygens (including phenoxy) is 2. The first-order valence-corrected chi connectivity index (χ1v) is 9.45. The van der Waals surface area contributed by atoms with Crippen molar-refractivity contribution in [1.82, 2.24) is 0 Å². The van der Waals surface area contributed by atoms with Gasteiger partial charge in [-0.25, -0.2) is 9.59 Å². The predicted molar refractivity (Wildman–Crippen MR) is 105 cm³/mol. The summed E-state index contributed by atoms with van der Waals surface area (Å²) in [6.07, 6.45) is 2.14. The third kappa shape index (κ3) is 4.87. The van der Waals surface area contributed by atoms with Crippen LogP contribution in [0.5, 0.6) is 5.75 Å². The lowest BCUT2D eigenvalue weighted by molar-refractivity contribution is -0.121. The highest BCUT2D eigenvalue weighted by Gasteiger charge is 2.30. The normalized spacial score (nSPS) is 13.5. The van der Waals surface area contributed by atoms with Gasteiger partial charge in [0.25, 0.3) is 0 Å². The van der Waals surface area contributed by atoms with E-state index in [9.17, 15) is 19.2 Å². The summed E-state index contributed by atoms with van der Waals surface area (Å²) >= 11 is 0. The molecule has 1 fully saturated rings. The molecule has 1 aliphatic heterocycles. The summed E-state index contributed by atoms with van der Waals surface area (Å²) in [7, 11) is 0. The molecular weight excluding hydrogens is 374 g/mol. The zero-order chi connectivity index (χ0) is 20.8. The Morgan fingerprint density at radius 1 is 0.862 bits per heavy atom. The molecule has 150 valence electrons. The first-order valence-electron chi connectivity index (χ1n) is 9.45. The summed E-state index contributed by atoms with van der Waals surface area (Å²) in [5, 5.41) is 0. The van der Waals surface area contributed by atoms with Gasteiger partial charge in [0, 0.05) is 12.8 Å². The van der Waals surface area contributed by atoms with Crippen molar-refractivity contribution in [2.24, 2.45) is 0 Å². The smallest absolute Gasteiger partial charge is 0.343 e. The molecule has 0 aromatic heterocycles. The average molecular weight is 395 g/mol. The topological polar surface area (TPSA) is 90.0 Å². The molecule has 0 spiro atoms. The molecule has 0 N–H and O–H groups in total. The van der Waals surface area contributed by atoms with Crippen LogP contribution in [0.25, 0.3) is 0 Å².